The van der Waals surface area contributed by atoms with Crippen LogP contribution in [-0.2, 0) is 6.42 Å². The van der Waals surface area contributed by atoms with Gasteiger partial charge in [0.15, 0.2) is 5.82 Å². The molecule has 2 aromatic heterocycles. The Labute approximate surface area is 152 Å². The Bertz CT molecular complexity index is 980. The van der Waals surface area contributed by atoms with E-state index in [2.05, 4.69) is 20.7 Å². The zero-order valence-electron chi connectivity index (χ0n) is 13.6. The van der Waals surface area contributed by atoms with Gasteiger partial charge in [0.2, 0.25) is 0 Å². The molecule has 0 spiro atoms. The molecule has 0 radical (unpaired) electrons. The molecule has 2 heterocycles. The summed E-state index contributed by atoms with van der Waals surface area (Å²) in [4.78, 5) is 10.3. The number of nitrogens with one attached hydrogen (secondary N) is 1. The first-order valence-electron chi connectivity index (χ1n) is 7.52. The minimum Gasteiger partial charge on any atom is -0.455 e. The van der Waals surface area contributed by atoms with Gasteiger partial charge in [0, 0.05) is 24.1 Å². The second-order valence-corrected chi connectivity index (χ2v) is 5.56. The van der Waals surface area contributed by atoms with Gasteiger partial charge in [-0.3, -0.25) is 10.1 Å². The second-order valence-electron chi connectivity index (χ2n) is 5.16. The van der Waals surface area contributed by atoms with Gasteiger partial charge in [-0.05, 0) is 18.2 Å². The summed E-state index contributed by atoms with van der Waals surface area (Å²) < 4.78 is 6.93. The van der Waals surface area contributed by atoms with Crippen LogP contribution in [-0.4, -0.2) is 26.0 Å². The van der Waals surface area contributed by atoms with Crippen molar-refractivity contribution in [1.82, 2.24) is 14.9 Å². The number of hydrogen-bond acceptors (Lipinski definition) is 8. The van der Waals surface area contributed by atoms with Gasteiger partial charge < -0.3 is 10.3 Å². The SMILES string of the molecule is CCc1nnc(N/N=C/c2ccc(-c3ccc([N+](=O)[O-])cc3Cl)o2)n1N. The van der Waals surface area contributed by atoms with Crippen LogP contribution in [0.1, 0.15) is 18.5 Å². The molecule has 3 N–H and O–H groups in total. The molecule has 0 aliphatic heterocycles. The van der Waals surface area contributed by atoms with E-state index < -0.39 is 4.92 Å². The Morgan fingerprint density at radius 1 is 1.42 bits per heavy atom. The predicted molar refractivity (Wildman–Crippen MR) is 96.6 cm³/mol. The highest BCUT2D eigenvalue weighted by atomic mass is 35.5. The maximum atomic E-state index is 10.8. The molecule has 0 aliphatic carbocycles. The molecule has 0 atom stereocenters. The summed E-state index contributed by atoms with van der Waals surface area (Å²) >= 11 is 6.09. The number of furan rings is 1. The number of rotatable bonds is 6. The molecular weight excluding hydrogens is 362 g/mol. The molecule has 3 rings (SSSR count). The minimum atomic E-state index is -0.512. The van der Waals surface area contributed by atoms with Crippen molar-refractivity contribution in [3.63, 3.8) is 0 Å². The number of nitrogen functional groups attached to an aromatic ring is 1. The number of benzene rings is 1. The second kappa shape index (κ2) is 7.23. The number of aryl methyl sites for hydroxylation is 1. The molecule has 26 heavy (non-hydrogen) atoms. The van der Waals surface area contributed by atoms with E-state index in [1.165, 1.54) is 29.1 Å². The van der Waals surface area contributed by atoms with Crippen molar-refractivity contribution in [3.05, 3.63) is 57.1 Å². The first kappa shape index (κ1) is 17.4. The maximum absolute atomic E-state index is 10.8. The van der Waals surface area contributed by atoms with Crippen molar-refractivity contribution in [2.24, 2.45) is 5.10 Å². The minimum absolute atomic E-state index is 0.0892. The van der Waals surface area contributed by atoms with Gasteiger partial charge in [0.1, 0.15) is 11.5 Å². The lowest BCUT2D eigenvalue weighted by Crippen LogP contribution is -2.14. The van der Waals surface area contributed by atoms with E-state index in [4.69, 9.17) is 21.9 Å². The zero-order valence-corrected chi connectivity index (χ0v) is 14.3. The number of anilines is 1. The molecule has 1 aromatic carbocycles. The number of non-ortho nitro benzene ring substituents is 1. The standard InChI is InChI=1S/C15H14ClN7O3/c1-2-14-19-21-15(22(14)17)20-18-8-10-4-6-13(26-10)11-5-3-9(23(24)25)7-12(11)16/h3-8H,2,17H2,1H3,(H,20,21)/b18-8+. The van der Waals surface area contributed by atoms with Gasteiger partial charge in [0.05, 0.1) is 16.2 Å². The molecule has 0 fully saturated rings. The first-order chi connectivity index (χ1) is 12.5. The number of hydrazone groups is 1. The molecule has 0 unspecified atom stereocenters. The van der Waals surface area contributed by atoms with Gasteiger partial charge in [-0.15, -0.1) is 10.2 Å². The summed E-state index contributed by atoms with van der Waals surface area (Å²) in [5.74, 6) is 7.61. The van der Waals surface area contributed by atoms with Crippen molar-refractivity contribution in [3.8, 4) is 11.3 Å². The van der Waals surface area contributed by atoms with E-state index in [9.17, 15) is 10.1 Å². The van der Waals surface area contributed by atoms with Crippen molar-refractivity contribution in [2.45, 2.75) is 13.3 Å². The largest absolute Gasteiger partial charge is 0.455 e. The average Bonchev–Trinajstić information content (AvgIpc) is 3.22. The fourth-order valence-corrected chi connectivity index (χ4v) is 2.45. The van der Waals surface area contributed by atoms with E-state index in [-0.39, 0.29) is 10.7 Å². The van der Waals surface area contributed by atoms with Gasteiger partial charge >= 0.3 is 0 Å². The molecule has 3 aromatic rings. The molecular formula is C15H14ClN7O3. The van der Waals surface area contributed by atoms with Crippen LogP contribution in [0.5, 0.6) is 0 Å². The van der Waals surface area contributed by atoms with Crippen LogP contribution in [0.15, 0.2) is 39.9 Å². The Morgan fingerprint density at radius 3 is 2.88 bits per heavy atom. The van der Waals surface area contributed by atoms with E-state index in [0.29, 0.717) is 35.3 Å². The van der Waals surface area contributed by atoms with Gasteiger partial charge in [0.25, 0.3) is 11.6 Å². The Balaban J connectivity index is 1.73. The Kier molecular flexibility index (Phi) is 4.85. The van der Waals surface area contributed by atoms with E-state index in [1.54, 1.807) is 12.1 Å². The predicted octanol–water partition coefficient (Wildman–Crippen LogP) is 2.82. The fourth-order valence-electron chi connectivity index (χ4n) is 2.18. The molecule has 0 amide bonds. The first-order valence-corrected chi connectivity index (χ1v) is 7.90. The summed E-state index contributed by atoms with van der Waals surface area (Å²) in [5.41, 5.74) is 3.12. The third-order valence-corrected chi connectivity index (χ3v) is 3.81. The molecule has 0 aliphatic rings. The summed E-state index contributed by atoms with van der Waals surface area (Å²) in [5, 5.41) is 22.7. The van der Waals surface area contributed by atoms with Gasteiger partial charge in [-0.2, -0.15) is 5.10 Å². The lowest BCUT2D eigenvalue weighted by atomic mass is 10.1. The molecule has 134 valence electrons. The van der Waals surface area contributed by atoms with Crippen molar-refractivity contribution < 1.29 is 9.34 Å². The summed E-state index contributed by atoms with van der Waals surface area (Å²) in [6.07, 6.45) is 2.08. The molecule has 0 saturated carbocycles. The number of nitrogens with zero attached hydrogens (tertiary/aromatic N) is 5. The average molecular weight is 376 g/mol. The zero-order chi connectivity index (χ0) is 18.7. The van der Waals surface area contributed by atoms with Crippen LogP contribution in [0.4, 0.5) is 11.6 Å². The maximum Gasteiger partial charge on any atom is 0.270 e. The normalized spacial score (nSPS) is 11.2. The van der Waals surface area contributed by atoms with Gasteiger partial charge in [-0.1, -0.05) is 18.5 Å². The quantitative estimate of drug-likeness (QED) is 0.292. The number of nitro benzene ring substituents is 1. The van der Waals surface area contributed by atoms with Crippen LogP contribution < -0.4 is 11.3 Å². The number of halogens is 1. The smallest absolute Gasteiger partial charge is 0.270 e. The number of nitro groups is 1. The lowest BCUT2D eigenvalue weighted by Gasteiger charge is -2.01. The Morgan fingerprint density at radius 2 is 2.23 bits per heavy atom. The highest BCUT2D eigenvalue weighted by molar-refractivity contribution is 6.33. The van der Waals surface area contributed by atoms with Crippen LogP contribution in [0.25, 0.3) is 11.3 Å². The third kappa shape index (κ3) is 3.49. The molecule has 0 bridgehead atoms. The molecule has 11 heteroatoms. The van der Waals surface area contributed by atoms with Crippen LogP contribution in [0.3, 0.4) is 0 Å². The molecule has 10 nitrogen and oxygen atoms in total. The number of nitrogens with two attached hydrogens (primary N) is 1. The van der Waals surface area contributed by atoms with Crippen LogP contribution >= 0.6 is 11.6 Å². The molecule has 0 saturated heterocycles. The highest BCUT2D eigenvalue weighted by Crippen LogP contribution is 2.32. The summed E-state index contributed by atoms with van der Waals surface area (Å²) in [7, 11) is 0. The summed E-state index contributed by atoms with van der Waals surface area (Å²) in [6, 6.07) is 7.53. The lowest BCUT2D eigenvalue weighted by molar-refractivity contribution is -0.384. The van der Waals surface area contributed by atoms with E-state index in [0.717, 1.165) is 0 Å². The monoisotopic (exact) mass is 375 g/mol. The van der Waals surface area contributed by atoms with Gasteiger partial charge in [-0.25, -0.2) is 10.1 Å². The highest BCUT2D eigenvalue weighted by Gasteiger charge is 2.13. The van der Waals surface area contributed by atoms with Crippen molar-refractivity contribution in [1.29, 1.82) is 0 Å². The number of hydrogen-bond donors (Lipinski definition) is 2. The van der Waals surface area contributed by atoms with Crippen LogP contribution in [0.2, 0.25) is 5.02 Å². The van der Waals surface area contributed by atoms with Crippen molar-refractivity contribution in [2.75, 3.05) is 11.3 Å². The van der Waals surface area contributed by atoms with E-state index in [1.807, 2.05) is 6.92 Å². The third-order valence-electron chi connectivity index (χ3n) is 3.49. The number of aromatic nitrogens is 3. The van der Waals surface area contributed by atoms with Crippen LogP contribution in [0, 0.1) is 10.1 Å². The summed E-state index contributed by atoms with van der Waals surface area (Å²) in [6.45, 7) is 1.91. The Hall–Kier alpha value is -3.40. The van der Waals surface area contributed by atoms with Crippen molar-refractivity contribution >= 4 is 29.5 Å². The topological polar surface area (TPSA) is 137 Å². The fraction of sp³-hybridized carbons (Fsp3) is 0.133. The van der Waals surface area contributed by atoms with E-state index >= 15 is 0 Å².